The molecule has 3 heterocycles. The third kappa shape index (κ3) is 2.78. The summed E-state index contributed by atoms with van der Waals surface area (Å²) in [6.45, 7) is 0. The van der Waals surface area contributed by atoms with Gasteiger partial charge in [0.1, 0.15) is 6.33 Å². The molecule has 0 saturated heterocycles. The molecule has 136 valence electrons. The largest absolute Gasteiger partial charge is 0.325 e. The Balaban J connectivity index is 1.79. The molecule has 0 spiro atoms. The van der Waals surface area contributed by atoms with Crippen LogP contribution in [0.3, 0.4) is 0 Å². The molecular formula is C20H13ClN6O. The van der Waals surface area contributed by atoms with E-state index in [0.29, 0.717) is 33.2 Å². The minimum atomic E-state index is -0.224. The summed E-state index contributed by atoms with van der Waals surface area (Å²) in [7, 11) is 0. The molecular weight excluding hydrogens is 376 g/mol. The maximum atomic E-state index is 13.4. The van der Waals surface area contributed by atoms with Crippen LogP contribution in [0.5, 0.6) is 0 Å². The van der Waals surface area contributed by atoms with Gasteiger partial charge in [-0.15, -0.1) is 10.2 Å². The summed E-state index contributed by atoms with van der Waals surface area (Å²) in [6, 6.07) is 18.3. The first-order chi connectivity index (χ1) is 13.7. The number of nitrogens with zero attached hydrogens (tertiary/aromatic N) is 5. The number of anilines is 2. The number of fused-ring (bicyclic) bond motifs is 2. The second kappa shape index (κ2) is 6.47. The molecule has 0 atom stereocenters. The van der Waals surface area contributed by atoms with Gasteiger partial charge < -0.3 is 5.32 Å². The Morgan fingerprint density at radius 2 is 1.86 bits per heavy atom. The van der Waals surface area contributed by atoms with Crippen molar-refractivity contribution in [3.8, 4) is 5.69 Å². The monoisotopic (exact) mass is 388 g/mol. The van der Waals surface area contributed by atoms with Crippen molar-refractivity contribution in [1.29, 1.82) is 0 Å². The van der Waals surface area contributed by atoms with Crippen LogP contribution < -0.4 is 10.9 Å². The first-order valence-electron chi connectivity index (χ1n) is 8.53. The van der Waals surface area contributed by atoms with Crippen molar-refractivity contribution in [3.05, 3.63) is 88.6 Å². The molecule has 0 saturated carbocycles. The molecule has 28 heavy (non-hydrogen) atoms. The molecule has 0 aliphatic heterocycles. The number of benzene rings is 2. The summed E-state index contributed by atoms with van der Waals surface area (Å²) in [5, 5.41) is 12.1. The zero-order valence-electron chi connectivity index (χ0n) is 14.5. The van der Waals surface area contributed by atoms with Gasteiger partial charge in [0.25, 0.3) is 5.56 Å². The molecule has 8 heteroatoms. The summed E-state index contributed by atoms with van der Waals surface area (Å²) in [5.41, 5.74) is 2.48. The summed E-state index contributed by atoms with van der Waals surface area (Å²) < 4.78 is 3.27. The van der Waals surface area contributed by atoms with Gasteiger partial charge >= 0.3 is 0 Å². The highest BCUT2D eigenvalue weighted by molar-refractivity contribution is 6.31. The van der Waals surface area contributed by atoms with Gasteiger partial charge in [0.05, 0.1) is 16.6 Å². The van der Waals surface area contributed by atoms with Crippen LogP contribution in [-0.2, 0) is 0 Å². The standard InChI is InChI=1S/C20H13ClN6O/c21-13-6-8-17-16(10-13)19(28)27(15-7-9-18-25-22-12-26(18)11-15)20(24-17)23-14-4-2-1-3-5-14/h1-12H,(H,23,24). The van der Waals surface area contributed by atoms with Crippen LogP contribution in [0.4, 0.5) is 11.6 Å². The highest BCUT2D eigenvalue weighted by atomic mass is 35.5. The number of rotatable bonds is 3. The fraction of sp³-hybridized carbons (Fsp3) is 0. The minimum Gasteiger partial charge on any atom is -0.325 e. The summed E-state index contributed by atoms with van der Waals surface area (Å²) >= 11 is 6.11. The van der Waals surface area contributed by atoms with Gasteiger partial charge in [-0.1, -0.05) is 29.8 Å². The maximum absolute atomic E-state index is 13.4. The first kappa shape index (κ1) is 16.5. The van der Waals surface area contributed by atoms with Crippen molar-refractivity contribution in [2.45, 2.75) is 0 Å². The number of hydrogen-bond donors (Lipinski definition) is 1. The lowest BCUT2D eigenvalue weighted by Crippen LogP contribution is -2.23. The molecule has 0 aliphatic carbocycles. The molecule has 5 aromatic rings. The Hall–Kier alpha value is -3.71. The van der Waals surface area contributed by atoms with Crippen LogP contribution in [0.25, 0.3) is 22.2 Å². The Morgan fingerprint density at radius 3 is 2.71 bits per heavy atom. The van der Waals surface area contributed by atoms with Gasteiger partial charge in [0.2, 0.25) is 5.95 Å². The van der Waals surface area contributed by atoms with Gasteiger partial charge in [-0.3, -0.25) is 9.20 Å². The lowest BCUT2D eigenvalue weighted by atomic mass is 10.2. The van der Waals surface area contributed by atoms with E-state index >= 15 is 0 Å². The van der Waals surface area contributed by atoms with E-state index < -0.39 is 0 Å². The van der Waals surface area contributed by atoms with Crippen molar-refractivity contribution in [2.24, 2.45) is 0 Å². The van der Waals surface area contributed by atoms with E-state index in [0.717, 1.165) is 5.69 Å². The molecule has 2 aromatic carbocycles. The maximum Gasteiger partial charge on any atom is 0.267 e. The fourth-order valence-corrected chi connectivity index (χ4v) is 3.25. The molecule has 0 aliphatic rings. The Morgan fingerprint density at radius 1 is 1.00 bits per heavy atom. The number of halogens is 1. The average molecular weight is 389 g/mol. The SMILES string of the molecule is O=c1c2cc(Cl)ccc2nc(Nc2ccccc2)n1-c1ccc2nncn2c1. The van der Waals surface area contributed by atoms with Crippen molar-refractivity contribution in [2.75, 3.05) is 5.32 Å². The molecule has 0 unspecified atom stereocenters. The molecule has 7 nitrogen and oxygen atoms in total. The Kier molecular flexibility index (Phi) is 3.80. The fourth-order valence-electron chi connectivity index (χ4n) is 3.08. The predicted molar refractivity (Wildman–Crippen MR) is 109 cm³/mol. The molecule has 1 N–H and O–H groups in total. The number of nitrogens with one attached hydrogen (secondary N) is 1. The lowest BCUT2D eigenvalue weighted by Gasteiger charge is -2.15. The van der Waals surface area contributed by atoms with E-state index in [-0.39, 0.29) is 5.56 Å². The smallest absolute Gasteiger partial charge is 0.267 e. The Bertz CT molecular complexity index is 1380. The van der Waals surface area contributed by atoms with Crippen LogP contribution in [0.15, 0.2) is 78.0 Å². The van der Waals surface area contributed by atoms with Crippen molar-refractivity contribution < 1.29 is 0 Å². The zero-order chi connectivity index (χ0) is 19.1. The average Bonchev–Trinajstić information content (AvgIpc) is 3.17. The van der Waals surface area contributed by atoms with E-state index in [9.17, 15) is 4.79 Å². The minimum absolute atomic E-state index is 0.224. The van der Waals surface area contributed by atoms with Crippen LogP contribution in [0, 0.1) is 0 Å². The summed E-state index contributed by atoms with van der Waals surface area (Å²) in [5.74, 6) is 0.401. The Labute approximate surface area is 163 Å². The molecule has 0 amide bonds. The number of hydrogen-bond acceptors (Lipinski definition) is 5. The van der Waals surface area contributed by atoms with Gasteiger partial charge in [-0.2, -0.15) is 0 Å². The third-order valence-corrected chi connectivity index (χ3v) is 4.63. The van der Waals surface area contributed by atoms with Gasteiger partial charge in [-0.05, 0) is 42.5 Å². The van der Waals surface area contributed by atoms with Crippen molar-refractivity contribution in [1.82, 2.24) is 24.1 Å². The van der Waals surface area contributed by atoms with Crippen LogP contribution in [0.2, 0.25) is 5.02 Å². The van der Waals surface area contributed by atoms with Gasteiger partial charge in [0.15, 0.2) is 5.65 Å². The quantitative estimate of drug-likeness (QED) is 0.508. The normalized spacial score (nSPS) is 11.2. The third-order valence-electron chi connectivity index (χ3n) is 4.39. The first-order valence-corrected chi connectivity index (χ1v) is 8.91. The summed E-state index contributed by atoms with van der Waals surface area (Å²) in [4.78, 5) is 18.0. The van der Waals surface area contributed by atoms with E-state index in [4.69, 9.17) is 11.6 Å². The van der Waals surface area contributed by atoms with Gasteiger partial charge in [0, 0.05) is 16.9 Å². The predicted octanol–water partition coefficient (Wildman–Crippen LogP) is 3.83. The second-order valence-corrected chi connectivity index (χ2v) is 6.65. The second-order valence-electron chi connectivity index (χ2n) is 6.21. The zero-order valence-corrected chi connectivity index (χ0v) is 15.2. The number of aromatic nitrogens is 5. The molecule has 3 aromatic heterocycles. The number of pyridine rings is 1. The van der Waals surface area contributed by atoms with Crippen LogP contribution >= 0.6 is 11.6 Å². The highest BCUT2D eigenvalue weighted by Gasteiger charge is 2.14. The van der Waals surface area contributed by atoms with E-state index in [1.165, 1.54) is 4.57 Å². The molecule has 0 radical (unpaired) electrons. The molecule has 5 rings (SSSR count). The van der Waals surface area contributed by atoms with E-state index in [1.54, 1.807) is 47.3 Å². The van der Waals surface area contributed by atoms with E-state index in [2.05, 4.69) is 20.5 Å². The topological polar surface area (TPSA) is 77.1 Å². The highest BCUT2D eigenvalue weighted by Crippen LogP contribution is 2.22. The molecule has 0 bridgehead atoms. The van der Waals surface area contributed by atoms with Crippen LogP contribution in [0.1, 0.15) is 0 Å². The molecule has 0 fully saturated rings. The number of para-hydroxylation sites is 1. The van der Waals surface area contributed by atoms with E-state index in [1.807, 2.05) is 30.3 Å². The van der Waals surface area contributed by atoms with Crippen LogP contribution in [-0.4, -0.2) is 24.1 Å². The lowest BCUT2D eigenvalue weighted by molar-refractivity contribution is 0.956. The van der Waals surface area contributed by atoms with Crippen molar-refractivity contribution >= 4 is 39.8 Å². The summed E-state index contributed by atoms with van der Waals surface area (Å²) in [6.07, 6.45) is 3.37. The van der Waals surface area contributed by atoms with Crippen molar-refractivity contribution in [3.63, 3.8) is 0 Å². The van der Waals surface area contributed by atoms with Gasteiger partial charge in [-0.25, -0.2) is 9.55 Å².